The summed E-state index contributed by atoms with van der Waals surface area (Å²) in [5.41, 5.74) is 5.01. The molecule has 0 spiro atoms. The summed E-state index contributed by atoms with van der Waals surface area (Å²) in [6.07, 6.45) is 0.757. The summed E-state index contributed by atoms with van der Waals surface area (Å²) in [6.45, 7) is 8.51. The average Bonchev–Trinajstić information content (AvgIpc) is 2.94. The number of nitrogens with zero attached hydrogens (tertiary/aromatic N) is 1. The van der Waals surface area contributed by atoms with Gasteiger partial charge in [0.25, 0.3) is 5.91 Å². The molecule has 0 saturated heterocycles. The number of allylic oxidation sites excluding steroid dienone is 1. The van der Waals surface area contributed by atoms with E-state index in [4.69, 9.17) is 4.74 Å². The Morgan fingerprint density at radius 2 is 1.59 bits per heavy atom. The number of urea groups is 1. The van der Waals surface area contributed by atoms with E-state index < -0.39 is 12.0 Å². The van der Waals surface area contributed by atoms with E-state index in [0.29, 0.717) is 35.7 Å². The van der Waals surface area contributed by atoms with Crippen molar-refractivity contribution < 1.29 is 19.1 Å². The minimum atomic E-state index is -0.652. The van der Waals surface area contributed by atoms with Crippen LogP contribution in [0.5, 0.6) is 0 Å². The molecule has 7 heteroatoms. The van der Waals surface area contributed by atoms with Crippen molar-refractivity contribution in [3.63, 3.8) is 0 Å². The average molecular weight is 526 g/mol. The Labute approximate surface area is 229 Å². The van der Waals surface area contributed by atoms with Crippen LogP contribution in [0.15, 0.2) is 90.1 Å². The lowest BCUT2D eigenvalue weighted by molar-refractivity contribution is -0.140. The van der Waals surface area contributed by atoms with Crippen LogP contribution < -0.4 is 10.6 Å². The minimum absolute atomic E-state index is 0.190. The quantitative estimate of drug-likeness (QED) is 0.310. The largest absolute Gasteiger partial charge is 0.462 e. The summed E-state index contributed by atoms with van der Waals surface area (Å²) in [4.78, 5) is 40.4. The van der Waals surface area contributed by atoms with E-state index in [0.717, 1.165) is 23.1 Å². The fourth-order valence-corrected chi connectivity index (χ4v) is 4.52. The van der Waals surface area contributed by atoms with Crippen LogP contribution in [0.2, 0.25) is 0 Å². The predicted molar refractivity (Wildman–Crippen MR) is 153 cm³/mol. The van der Waals surface area contributed by atoms with Gasteiger partial charge in [0.1, 0.15) is 0 Å². The Morgan fingerprint density at radius 1 is 0.949 bits per heavy atom. The topological polar surface area (TPSA) is 87.7 Å². The normalized spacial score (nSPS) is 15.3. The molecule has 0 bridgehead atoms. The predicted octanol–water partition coefficient (Wildman–Crippen LogP) is 6.56. The third-order valence-corrected chi connectivity index (χ3v) is 6.57. The number of hydrogen-bond donors (Lipinski definition) is 2. The Kier molecular flexibility index (Phi) is 8.81. The summed E-state index contributed by atoms with van der Waals surface area (Å²) in [5.74, 6) is -0.475. The number of anilines is 1. The maximum Gasteiger partial charge on any atom is 0.338 e. The van der Waals surface area contributed by atoms with Crippen molar-refractivity contribution in [1.29, 1.82) is 0 Å². The van der Waals surface area contributed by atoms with Crippen LogP contribution in [0.3, 0.4) is 0 Å². The minimum Gasteiger partial charge on any atom is -0.462 e. The van der Waals surface area contributed by atoms with Crippen molar-refractivity contribution in [2.45, 2.75) is 40.2 Å². The second-order valence-electron chi connectivity index (χ2n) is 10.0. The number of esters is 1. The molecule has 1 aliphatic rings. The van der Waals surface area contributed by atoms with E-state index in [1.54, 1.807) is 48.2 Å². The first-order valence-corrected chi connectivity index (χ1v) is 13.3. The molecule has 4 rings (SSSR count). The molecule has 0 unspecified atom stereocenters. The van der Waals surface area contributed by atoms with Crippen LogP contribution in [-0.2, 0) is 9.53 Å². The summed E-state index contributed by atoms with van der Waals surface area (Å²) in [5, 5.41) is 5.88. The van der Waals surface area contributed by atoms with Crippen LogP contribution in [0.1, 0.15) is 56.1 Å². The second-order valence-corrected chi connectivity index (χ2v) is 10.0. The summed E-state index contributed by atoms with van der Waals surface area (Å²) < 4.78 is 5.56. The summed E-state index contributed by atoms with van der Waals surface area (Å²) in [6, 6.07) is 23.7. The van der Waals surface area contributed by atoms with Gasteiger partial charge in [-0.3, -0.25) is 9.69 Å². The molecular weight excluding hydrogens is 490 g/mol. The fourth-order valence-electron chi connectivity index (χ4n) is 4.52. The molecule has 1 heterocycles. The smallest absolute Gasteiger partial charge is 0.338 e. The SMILES string of the molecule is CCCN1C(=O)N[C@H](c2ccc(NC(=O)c3ccc(-c4ccccc4)cc3)cc2)C(C(=O)OCC(C)C)=C1C. The van der Waals surface area contributed by atoms with Gasteiger partial charge in [-0.2, -0.15) is 0 Å². The van der Waals surface area contributed by atoms with Crippen molar-refractivity contribution >= 4 is 23.6 Å². The molecule has 3 aromatic carbocycles. The van der Waals surface area contributed by atoms with Crippen molar-refractivity contribution in [2.75, 3.05) is 18.5 Å². The zero-order chi connectivity index (χ0) is 27.9. The van der Waals surface area contributed by atoms with Gasteiger partial charge in [-0.25, -0.2) is 9.59 Å². The summed E-state index contributed by atoms with van der Waals surface area (Å²) in [7, 11) is 0. The van der Waals surface area contributed by atoms with Crippen molar-refractivity contribution in [2.24, 2.45) is 5.92 Å². The van der Waals surface area contributed by atoms with E-state index in [1.165, 1.54) is 0 Å². The monoisotopic (exact) mass is 525 g/mol. The lowest BCUT2D eigenvalue weighted by atomic mass is 9.94. The first kappa shape index (κ1) is 27.6. The molecule has 0 aromatic heterocycles. The first-order chi connectivity index (χ1) is 18.8. The van der Waals surface area contributed by atoms with Gasteiger partial charge < -0.3 is 15.4 Å². The van der Waals surface area contributed by atoms with E-state index in [2.05, 4.69) is 10.6 Å². The standard InChI is InChI=1S/C32H35N3O4/c1-5-19-35-22(4)28(31(37)39-20-21(2)3)29(34-32(35)38)25-15-17-27(18-16-25)33-30(36)26-13-11-24(12-14-26)23-9-7-6-8-10-23/h6-18,21,29H,5,19-20H2,1-4H3,(H,33,36)(H,34,38)/t29-/m1/s1. The van der Waals surface area contributed by atoms with Gasteiger partial charge in [-0.1, -0.05) is 75.4 Å². The highest BCUT2D eigenvalue weighted by molar-refractivity contribution is 6.04. The molecular formula is C32H35N3O4. The highest BCUT2D eigenvalue weighted by Gasteiger charge is 2.36. The van der Waals surface area contributed by atoms with E-state index >= 15 is 0 Å². The third-order valence-electron chi connectivity index (χ3n) is 6.57. The lowest BCUT2D eigenvalue weighted by Crippen LogP contribution is -2.48. The number of rotatable bonds is 9. The molecule has 7 nitrogen and oxygen atoms in total. The maximum atomic E-state index is 13.1. The molecule has 0 fully saturated rings. The highest BCUT2D eigenvalue weighted by atomic mass is 16.5. The third kappa shape index (κ3) is 6.55. The fraction of sp³-hybridized carbons (Fsp3) is 0.281. The Bertz CT molecular complexity index is 1350. The van der Waals surface area contributed by atoms with Gasteiger partial charge in [0, 0.05) is 23.5 Å². The number of nitrogens with one attached hydrogen (secondary N) is 2. The molecule has 1 atom stereocenters. The van der Waals surface area contributed by atoms with Gasteiger partial charge >= 0.3 is 12.0 Å². The first-order valence-electron chi connectivity index (χ1n) is 13.3. The molecule has 0 aliphatic carbocycles. The summed E-state index contributed by atoms with van der Waals surface area (Å²) >= 11 is 0. The number of carbonyl (C=O) groups is 3. The van der Waals surface area contributed by atoms with Crippen LogP contribution >= 0.6 is 0 Å². The van der Waals surface area contributed by atoms with Crippen LogP contribution in [0, 0.1) is 5.92 Å². The number of benzene rings is 3. The zero-order valence-electron chi connectivity index (χ0n) is 22.9. The van der Waals surface area contributed by atoms with E-state index in [-0.39, 0.29) is 17.9 Å². The van der Waals surface area contributed by atoms with Gasteiger partial charge in [-0.15, -0.1) is 0 Å². The molecule has 3 amide bonds. The Balaban J connectivity index is 1.51. The zero-order valence-corrected chi connectivity index (χ0v) is 22.9. The van der Waals surface area contributed by atoms with Gasteiger partial charge in [-0.05, 0) is 60.2 Å². The van der Waals surface area contributed by atoms with Crippen LogP contribution in [-0.4, -0.2) is 36.0 Å². The maximum absolute atomic E-state index is 13.1. The molecule has 202 valence electrons. The van der Waals surface area contributed by atoms with Crippen LogP contribution in [0.25, 0.3) is 11.1 Å². The lowest BCUT2D eigenvalue weighted by Gasteiger charge is -2.35. The molecule has 0 radical (unpaired) electrons. The van der Waals surface area contributed by atoms with Gasteiger partial charge in [0.2, 0.25) is 0 Å². The van der Waals surface area contributed by atoms with Crippen molar-refractivity contribution in [1.82, 2.24) is 10.2 Å². The number of amides is 3. The van der Waals surface area contributed by atoms with Gasteiger partial charge in [0.15, 0.2) is 0 Å². The van der Waals surface area contributed by atoms with Gasteiger partial charge in [0.05, 0.1) is 18.2 Å². The van der Waals surface area contributed by atoms with Crippen molar-refractivity contribution in [3.05, 3.63) is 101 Å². The van der Waals surface area contributed by atoms with E-state index in [1.807, 2.05) is 63.2 Å². The molecule has 1 aliphatic heterocycles. The number of ether oxygens (including phenoxy) is 1. The Morgan fingerprint density at radius 3 is 2.21 bits per heavy atom. The number of hydrogen-bond acceptors (Lipinski definition) is 4. The molecule has 3 aromatic rings. The molecule has 0 saturated carbocycles. The highest BCUT2D eigenvalue weighted by Crippen LogP contribution is 2.32. The number of carbonyl (C=O) groups excluding carboxylic acids is 3. The molecule has 39 heavy (non-hydrogen) atoms. The van der Waals surface area contributed by atoms with E-state index in [9.17, 15) is 14.4 Å². The second kappa shape index (κ2) is 12.4. The van der Waals surface area contributed by atoms with Crippen molar-refractivity contribution in [3.8, 4) is 11.1 Å². The molecule has 2 N–H and O–H groups in total. The van der Waals surface area contributed by atoms with Crippen LogP contribution in [0.4, 0.5) is 10.5 Å². The Hall–Kier alpha value is -4.39.